The number of piperidine rings is 4. The second-order valence-corrected chi connectivity index (χ2v) is 31.8. The number of likely N-dealkylation sites (tertiary alicyclic amines) is 4. The SMILES string of the molecule is C=CCCCN1CCC2(CC1)C[C@H](NC(C)=O)c1ccccc12.CC(=O)N[C@H]1CC2(CCN(CC(C)(C)C)CC2)c2ccccc21.CC(=O)N[C@H]1CC2(CCN(CCC(C)(C)C)CC2)c2ccccc21.CCNC(=O)CN1CCC2(CC1)C[C@H](NC(C)=O)c1ccccc12.[HH].[HH].[HH].[HH]. The Balaban J connectivity index is 0.000000233. The average Bonchev–Trinajstić information content (AvgIpc) is 1.62. The van der Waals surface area contributed by atoms with Gasteiger partial charge in [0.1, 0.15) is 0 Å². The summed E-state index contributed by atoms with van der Waals surface area (Å²) in [6.45, 7) is 39.7. The average molecular weight is 1290 g/mol. The monoisotopic (exact) mass is 1290 g/mol. The molecule has 5 N–H and O–H groups in total. The Labute approximate surface area is 571 Å². The summed E-state index contributed by atoms with van der Waals surface area (Å²) in [6, 6.07) is 35.4. The smallest absolute Gasteiger partial charge is 0.234 e. The van der Waals surface area contributed by atoms with Crippen LogP contribution in [0.2, 0.25) is 0 Å². The predicted molar refractivity (Wildman–Crippen MR) is 390 cm³/mol. The van der Waals surface area contributed by atoms with E-state index in [-0.39, 0.29) is 81.1 Å². The molecule has 94 heavy (non-hydrogen) atoms. The zero-order valence-corrected chi connectivity index (χ0v) is 59.5. The highest BCUT2D eigenvalue weighted by Gasteiger charge is 2.49. The van der Waals surface area contributed by atoms with E-state index >= 15 is 0 Å². The molecule has 4 fully saturated rings. The van der Waals surface area contributed by atoms with E-state index in [4.69, 9.17) is 0 Å². The lowest BCUT2D eigenvalue weighted by Gasteiger charge is -2.42. The molecule has 4 aromatic carbocycles. The second-order valence-electron chi connectivity index (χ2n) is 31.8. The van der Waals surface area contributed by atoms with Crippen molar-refractivity contribution >= 4 is 29.5 Å². The first kappa shape index (κ1) is 72.1. The quantitative estimate of drug-likeness (QED) is 0.0612. The van der Waals surface area contributed by atoms with Crippen molar-refractivity contribution < 1.29 is 29.7 Å². The molecule has 520 valence electrons. The number of nitrogens with one attached hydrogen (secondary N) is 5. The molecule has 4 aromatic rings. The van der Waals surface area contributed by atoms with Crippen LogP contribution in [0.5, 0.6) is 0 Å². The minimum absolute atomic E-state index is 0. The van der Waals surface area contributed by atoms with Crippen molar-refractivity contribution in [3.8, 4) is 0 Å². The highest BCUT2D eigenvalue weighted by molar-refractivity contribution is 5.78. The number of hydrogen-bond donors (Lipinski definition) is 5. The number of amides is 5. The van der Waals surface area contributed by atoms with Crippen LogP contribution in [0, 0.1) is 10.8 Å². The maximum Gasteiger partial charge on any atom is 0.234 e. The predicted octanol–water partition coefficient (Wildman–Crippen LogP) is 14.0. The molecule has 14 nitrogen and oxygen atoms in total. The second kappa shape index (κ2) is 31.3. The van der Waals surface area contributed by atoms with Gasteiger partial charge in [-0.25, -0.2) is 0 Å². The molecule has 4 saturated heterocycles. The van der Waals surface area contributed by atoms with Crippen molar-refractivity contribution in [2.24, 2.45) is 10.8 Å². The molecule has 0 unspecified atom stereocenters. The van der Waals surface area contributed by atoms with Crippen LogP contribution in [0.4, 0.5) is 0 Å². The van der Waals surface area contributed by atoms with Gasteiger partial charge in [0.2, 0.25) is 29.5 Å². The highest BCUT2D eigenvalue weighted by Crippen LogP contribution is 2.54. The Morgan fingerprint density at radius 1 is 0.457 bits per heavy atom. The van der Waals surface area contributed by atoms with Gasteiger partial charge in [-0.05, 0) is 224 Å². The van der Waals surface area contributed by atoms with E-state index in [9.17, 15) is 24.0 Å². The molecule has 0 radical (unpaired) electrons. The van der Waals surface area contributed by atoms with Crippen LogP contribution < -0.4 is 26.6 Å². The molecular formula is C80H125N9O5. The third-order valence-electron chi connectivity index (χ3n) is 22.3. The van der Waals surface area contributed by atoms with Crippen LogP contribution in [0.1, 0.15) is 247 Å². The molecule has 4 aliphatic carbocycles. The summed E-state index contributed by atoms with van der Waals surface area (Å²) >= 11 is 0. The first-order valence-corrected chi connectivity index (χ1v) is 36.0. The van der Waals surface area contributed by atoms with Gasteiger partial charge in [0.25, 0.3) is 0 Å². The molecule has 12 rings (SSSR count). The number of allylic oxidation sites excluding steroid dienone is 1. The molecule has 0 saturated carbocycles. The number of hydrogen-bond acceptors (Lipinski definition) is 9. The first-order valence-electron chi connectivity index (χ1n) is 36.0. The summed E-state index contributed by atoms with van der Waals surface area (Å²) < 4.78 is 0. The zero-order chi connectivity index (χ0) is 67.5. The molecule has 4 aliphatic heterocycles. The van der Waals surface area contributed by atoms with Crippen LogP contribution in [0.15, 0.2) is 110 Å². The van der Waals surface area contributed by atoms with E-state index in [1.54, 1.807) is 27.7 Å². The standard InChI is InChI=1S/C21H32N2O.C20H30N2O.C20H28N2O.C19H27N3O2.4H2/c1-16(24)22-19-15-21(18-8-6-5-7-17(18)19)10-13-23(14-11-21)12-9-20(2,3)4;1-15(23)21-18-13-20(17-8-6-5-7-16(17)18)9-11-22(12-10-20)14-19(2,3)4;1-3-4-7-12-22-13-10-20(11-14-22)15-19(21-16(2)23)17-8-5-6-9-18(17)20;1-3-20-18(24)13-22-10-8-19(9-11-22)12-17(21-14(2)23)15-6-4-5-7-16(15)19;;;;/h5-8,19H,9-15H2,1-4H3,(H,22,24);5-8,18H,9-14H2,1-4H3,(H,21,23);3,5-6,8-9,19H,1,4,7,10-15H2,2H3,(H,21,23);4-7,17H,3,8-13H2,1-2H3,(H,20,24)(H,21,23);4*1H/t19-;18-;19-;17-;;;;/m0000..../s1. The van der Waals surface area contributed by atoms with E-state index in [2.05, 4.69) is 191 Å². The van der Waals surface area contributed by atoms with Crippen molar-refractivity contribution in [3.63, 3.8) is 0 Å². The Kier molecular flexibility index (Phi) is 24.0. The fourth-order valence-electron chi connectivity index (χ4n) is 17.7. The maximum absolute atomic E-state index is 11.8. The summed E-state index contributed by atoms with van der Waals surface area (Å²) in [7, 11) is 0. The Hall–Kier alpha value is -6.19. The normalized spacial score (nSPS) is 23.0. The van der Waals surface area contributed by atoms with Crippen LogP contribution in [-0.4, -0.2) is 134 Å². The fraction of sp³-hybridized carbons (Fsp3) is 0.613. The number of benzene rings is 4. The van der Waals surface area contributed by atoms with Gasteiger partial charge in [-0.1, -0.05) is 145 Å². The number of likely N-dealkylation sites (N-methyl/N-ethyl adjacent to an activating group) is 1. The lowest BCUT2D eigenvalue weighted by molar-refractivity contribution is -0.123. The van der Waals surface area contributed by atoms with Gasteiger partial charge in [-0.2, -0.15) is 0 Å². The number of unbranched alkanes of at least 4 members (excludes halogenated alkanes) is 1. The largest absolute Gasteiger partial charge is 0.355 e. The van der Waals surface area contributed by atoms with Gasteiger partial charge in [0.15, 0.2) is 0 Å². The Morgan fingerprint density at radius 2 is 0.755 bits per heavy atom. The van der Waals surface area contributed by atoms with E-state index in [1.807, 2.05) is 13.0 Å². The number of carbonyl (C=O) groups is 5. The minimum atomic E-state index is 0. The minimum Gasteiger partial charge on any atom is -0.355 e. The number of nitrogens with zero attached hydrogens (tertiary/aromatic N) is 4. The molecule has 5 amide bonds. The third kappa shape index (κ3) is 18.1. The van der Waals surface area contributed by atoms with Gasteiger partial charge in [0.05, 0.1) is 30.7 Å². The van der Waals surface area contributed by atoms with Crippen molar-refractivity contribution in [2.45, 2.75) is 218 Å². The highest BCUT2D eigenvalue weighted by atomic mass is 16.2. The van der Waals surface area contributed by atoms with Crippen LogP contribution in [0.25, 0.3) is 0 Å². The third-order valence-corrected chi connectivity index (χ3v) is 22.3. The van der Waals surface area contributed by atoms with Gasteiger partial charge in [-0.3, -0.25) is 28.9 Å². The van der Waals surface area contributed by atoms with Crippen molar-refractivity contribution in [1.29, 1.82) is 0 Å². The maximum atomic E-state index is 11.8. The van der Waals surface area contributed by atoms with E-state index in [1.165, 1.54) is 142 Å². The van der Waals surface area contributed by atoms with Crippen molar-refractivity contribution in [1.82, 2.24) is 46.2 Å². The van der Waals surface area contributed by atoms with Crippen LogP contribution >= 0.6 is 0 Å². The zero-order valence-electron chi connectivity index (χ0n) is 59.5. The van der Waals surface area contributed by atoms with Gasteiger partial charge >= 0.3 is 0 Å². The molecule has 0 bridgehead atoms. The summed E-state index contributed by atoms with van der Waals surface area (Å²) in [5.41, 5.74) is 12.8. The Morgan fingerprint density at radius 3 is 1.04 bits per heavy atom. The topological polar surface area (TPSA) is 158 Å². The van der Waals surface area contributed by atoms with Crippen LogP contribution in [0.3, 0.4) is 0 Å². The number of fused-ring (bicyclic) bond motifs is 8. The Bertz CT molecular complexity index is 3240. The van der Waals surface area contributed by atoms with E-state index < -0.39 is 0 Å². The van der Waals surface area contributed by atoms with Crippen LogP contribution in [-0.2, 0) is 45.6 Å². The van der Waals surface area contributed by atoms with E-state index in [0.29, 0.717) is 23.9 Å². The molecule has 8 aliphatic rings. The number of rotatable bonds is 14. The van der Waals surface area contributed by atoms with Gasteiger partial charge in [-0.15, -0.1) is 6.58 Å². The lowest BCUT2D eigenvalue weighted by Crippen LogP contribution is -2.46. The molecule has 4 atom stereocenters. The molecule has 4 heterocycles. The van der Waals surface area contributed by atoms with Gasteiger partial charge < -0.3 is 41.3 Å². The molecule has 0 aromatic heterocycles. The molecular weight excluding hydrogens is 1170 g/mol. The summed E-state index contributed by atoms with van der Waals surface area (Å²) in [4.78, 5) is 68.1. The van der Waals surface area contributed by atoms with Gasteiger partial charge in [0, 0.05) is 68.2 Å². The van der Waals surface area contributed by atoms with Crippen molar-refractivity contribution in [3.05, 3.63) is 154 Å². The summed E-state index contributed by atoms with van der Waals surface area (Å²) in [5.74, 6) is 0.363. The summed E-state index contributed by atoms with van der Waals surface area (Å²) in [6.07, 6.45) is 19.1. The molecule has 14 heteroatoms. The fourth-order valence-corrected chi connectivity index (χ4v) is 17.7. The van der Waals surface area contributed by atoms with Crippen molar-refractivity contribution in [2.75, 3.05) is 85.1 Å². The lowest BCUT2D eigenvalue weighted by atomic mass is 9.73. The number of carbonyl (C=O) groups excluding carboxylic acids is 5. The van der Waals surface area contributed by atoms with E-state index in [0.717, 1.165) is 71.1 Å². The first-order chi connectivity index (χ1) is 44.8. The summed E-state index contributed by atoms with van der Waals surface area (Å²) in [5, 5.41) is 15.5. The molecule has 4 spiro atoms.